The van der Waals surface area contributed by atoms with Crippen LogP contribution in [-0.4, -0.2) is 24.7 Å². The second-order valence-electron chi connectivity index (χ2n) is 7.83. The highest BCUT2D eigenvalue weighted by Crippen LogP contribution is 2.33. The van der Waals surface area contributed by atoms with Crippen molar-refractivity contribution in [1.82, 2.24) is 10.6 Å². The highest BCUT2D eigenvalue weighted by Gasteiger charge is 2.40. The fourth-order valence-corrected chi connectivity index (χ4v) is 3.95. The average Bonchev–Trinajstić information content (AvgIpc) is 2.66. The molecule has 2 amide bonds. The number of esters is 1. The van der Waals surface area contributed by atoms with Gasteiger partial charge in [-0.1, -0.05) is 39.0 Å². The minimum atomic E-state index is -0.669. The molecule has 1 saturated heterocycles. The molecule has 2 N–H and O–H groups in total. The second-order valence-corrected chi connectivity index (χ2v) is 7.83. The van der Waals surface area contributed by atoms with E-state index in [2.05, 4.69) is 24.1 Å². The third kappa shape index (κ3) is 4.86. The lowest BCUT2D eigenvalue weighted by atomic mass is 9.87. The maximum Gasteiger partial charge on any atom is 0.319 e. The number of rotatable bonds is 6. The van der Waals surface area contributed by atoms with Gasteiger partial charge in [-0.15, -0.1) is 0 Å². The SMILES string of the molecule is C=C1NC(=O)N[C@H](c2ccc(OCCC)cc2)[C@H]1C(=O)O[C@H]1CCC[C@@H](C)C1. The maximum atomic E-state index is 13.0. The van der Waals surface area contributed by atoms with Crippen LogP contribution in [0.25, 0.3) is 0 Å². The molecule has 3 rings (SSSR count). The van der Waals surface area contributed by atoms with Crippen molar-refractivity contribution in [2.45, 2.75) is 58.1 Å². The van der Waals surface area contributed by atoms with Crippen molar-refractivity contribution in [3.63, 3.8) is 0 Å². The van der Waals surface area contributed by atoms with E-state index < -0.39 is 12.0 Å². The highest BCUT2D eigenvalue weighted by atomic mass is 16.5. The number of carbonyl (C=O) groups excluding carboxylic acids is 2. The summed E-state index contributed by atoms with van der Waals surface area (Å²) in [4.78, 5) is 25.0. The number of ether oxygens (including phenoxy) is 2. The van der Waals surface area contributed by atoms with Crippen molar-refractivity contribution in [1.29, 1.82) is 0 Å². The molecule has 1 heterocycles. The first-order valence-corrected chi connectivity index (χ1v) is 10.2. The number of benzene rings is 1. The molecule has 6 nitrogen and oxygen atoms in total. The number of amides is 2. The molecule has 0 radical (unpaired) electrons. The molecule has 1 aliphatic heterocycles. The Bertz CT molecular complexity index is 716. The zero-order valence-corrected chi connectivity index (χ0v) is 16.7. The molecule has 28 heavy (non-hydrogen) atoms. The first-order valence-electron chi connectivity index (χ1n) is 10.2. The Kier molecular flexibility index (Phi) is 6.60. The summed E-state index contributed by atoms with van der Waals surface area (Å²) in [6, 6.07) is 6.57. The van der Waals surface area contributed by atoms with Crippen LogP contribution in [0.4, 0.5) is 4.79 Å². The summed E-state index contributed by atoms with van der Waals surface area (Å²) in [6.07, 6.45) is 4.90. The number of carbonyl (C=O) groups is 2. The maximum absolute atomic E-state index is 13.0. The van der Waals surface area contributed by atoms with E-state index in [0.717, 1.165) is 37.0 Å². The van der Waals surface area contributed by atoms with Crippen LogP contribution in [0.15, 0.2) is 36.5 Å². The van der Waals surface area contributed by atoms with Crippen LogP contribution in [0, 0.1) is 11.8 Å². The minimum Gasteiger partial charge on any atom is -0.494 e. The van der Waals surface area contributed by atoms with Gasteiger partial charge in [-0.25, -0.2) is 4.79 Å². The lowest BCUT2D eigenvalue weighted by Crippen LogP contribution is -2.51. The topological polar surface area (TPSA) is 76.7 Å². The molecular formula is C22H30N2O4. The summed E-state index contributed by atoms with van der Waals surface area (Å²) < 4.78 is 11.4. The monoisotopic (exact) mass is 386 g/mol. The molecule has 4 atom stereocenters. The van der Waals surface area contributed by atoms with Crippen LogP contribution in [0.3, 0.4) is 0 Å². The largest absolute Gasteiger partial charge is 0.494 e. The van der Waals surface area contributed by atoms with Gasteiger partial charge in [0.2, 0.25) is 0 Å². The summed E-state index contributed by atoms with van der Waals surface area (Å²) in [7, 11) is 0. The molecule has 0 bridgehead atoms. The van der Waals surface area contributed by atoms with Gasteiger partial charge in [0.25, 0.3) is 0 Å². The fourth-order valence-electron chi connectivity index (χ4n) is 3.95. The van der Waals surface area contributed by atoms with Crippen molar-refractivity contribution < 1.29 is 19.1 Å². The zero-order valence-electron chi connectivity index (χ0n) is 16.7. The van der Waals surface area contributed by atoms with Gasteiger partial charge >= 0.3 is 12.0 Å². The lowest BCUT2D eigenvalue weighted by Gasteiger charge is -2.35. The molecule has 1 aromatic carbocycles. The summed E-state index contributed by atoms with van der Waals surface area (Å²) in [6.45, 7) is 8.80. The summed E-state index contributed by atoms with van der Waals surface area (Å²) in [5.74, 6) is 0.315. The van der Waals surface area contributed by atoms with Crippen LogP contribution < -0.4 is 15.4 Å². The number of hydrogen-bond acceptors (Lipinski definition) is 4. The van der Waals surface area contributed by atoms with Crippen molar-refractivity contribution in [2.75, 3.05) is 6.61 Å². The van der Waals surface area contributed by atoms with Crippen LogP contribution in [0.2, 0.25) is 0 Å². The molecule has 1 saturated carbocycles. The molecule has 6 heteroatoms. The lowest BCUT2D eigenvalue weighted by molar-refractivity contribution is -0.156. The summed E-state index contributed by atoms with van der Waals surface area (Å²) >= 11 is 0. The minimum absolute atomic E-state index is 0.0628. The first kappa shape index (κ1) is 20.2. The zero-order chi connectivity index (χ0) is 20.1. The van der Waals surface area contributed by atoms with E-state index in [1.807, 2.05) is 31.2 Å². The molecule has 0 spiro atoms. The quantitative estimate of drug-likeness (QED) is 0.722. The van der Waals surface area contributed by atoms with E-state index >= 15 is 0 Å². The van der Waals surface area contributed by atoms with Gasteiger partial charge in [-0.2, -0.15) is 0 Å². The van der Waals surface area contributed by atoms with E-state index in [1.54, 1.807) is 0 Å². The van der Waals surface area contributed by atoms with E-state index in [1.165, 1.54) is 6.42 Å². The Morgan fingerprint density at radius 1 is 1.25 bits per heavy atom. The average molecular weight is 386 g/mol. The van der Waals surface area contributed by atoms with E-state index in [-0.39, 0.29) is 18.1 Å². The number of urea groups is 1. The van der Waals surface area contributed by atoms with Gasteiger partial charge in [0.05, 0.1) is 12.6 Å². The standard InChI is InChI=1S/C22H30N2O4/c1-4-12-27-17-10-8-16(9-11-17)20-19(15(3)23-22(26)24-20)21(25)28-18-7-5-6-14(2)13-18/h8-11,14,18-20H,3-7,12-13H2,1-2H3,(H2,23,24,26)/t14-,18+,19+,20-/m1/s1. The van der Waals surface area contributed by atoms with Gasteiger partial charge in [0.15, 0.2) is 0 Å². The van der Waals surface area contributed by atoms with Crippen LogP contribution >= 0.6 is 0 Å². The van der Waals surface area contributed by atoms with Crippen molar-refractivity contribution in [3.8, 4) is 5.75 Å². The van der Waals surface area contributed by atoms with Crippen LogP contribution in [-0.2, 0) is 9.53 Å². The van der Waals surface area contributed by atoms with Crippen molar-refractivity contribution in [3.05, 3.63) is 42.1 Å². The third-order valence-electron chi connectivity index (χ3n) is 5.41. The molecule has 0 aromatic heterocycles. The third-order valence-corrected chi connectivity index (χ3v) is 5.41. The molecule has 152 valence electrons. The molecule has 2 fully saturated rings. The molecule has 2 aliphatic rings. The van der Waals surface area contributed by atoms with Gasteiger partial charge < -0.3 is 20.1 Å². The number of hydrogen-bond donors (Lipinski definition) is 2. The predicted octanol–water partition coefficient (Wildman–Crippen LogP) is 4.08. The Labute approximate surface area is 166 Å². The van der Waals surface area contributed by atoms with Crippen LogP contribution in [0.5, 0.6) is 5.75 Å². The molecule has 1 aromatic rings. The molecule has 0 unspecified atom stereocenters. The van der Waals surface area contributed by atoms with Crippen molar-refractivity contribution >= 4 is 12.0 Å². The van der Waals surface area contributed by atoms with Crippen molar-refractivity contribution in [2.24, 2.45) is 11.8 Å². The van der Waals surface area contributed by atoms with E-state index in [4.69, 9.17) is 9.47 Å². The van der Waals surface area contributed by atoms with Gasteiger partial charge in [0, 0.05) is 5.70 Å². The first-order chi connectivity index (χ1) is 13.5. The Balaban J connectivity index is 1.75. The Hall–Kier alpha value is -2.50. The summed E-state index contributed by atoms with van der Waals surface area (Å²) in [5.41, 5.74) is 1.19. The van der Waals surface area contributed by atoms with Gasteiger partial charge in [-0.05, 0) is 49.3 Å². The predicted molar refractivity (Wildman–Crippen MR) is 107 cm³/mol. The van der Waals surface area contributed by atoms with Gasteiger partial charge in [-0.3, -0.25) is 4.79 Å². The van der Waals surface area contributed by atoms with E-state index in [0.29, 0.717) is 18.2 Å². The summed E-state index contributed by atoms with van der Waals surface area (Å²) in [5, 5.41) is 5.48. The molecular weight excluding hydrogens is 356 g/mol. The van der Waals surface area contributed by atoms with E-state index in [9.17, 15) is 9.59 Å². The number of nitrogens with one attached hydrogen (secondary N) is 2. The van der Waals surface area contributed by atoms with Gasteiger partial charge in [0.1, 0.15) is 17.8 Å². The highest BCUT2D eigenvalue weighted by molar-refractivity contribution is 5.85. The fraction of sp³-hybridized carbons (Fsp3) is 0.545. The smallest absolute Gasteiger partial charge is 0.319 e. The molecule has 1 aliphatic carbocycles. The normalized spacial score (nSPS) is 27.5. The Morgan fingerprint density at radius 3 is 2.68 bits per heavy atom. The van der Waals surface area contributed by atoms with Crippen LogP contribution in [0.1, 0.15) is 57.6 Å². The second kappa shape index (κ2) is 9.13. The Morgan fingerprint density at radius 2 is 2.00 bits per heavy atom.